The summed E-state index contributed by atoms with van der Waals surface area (Å²) in [5.74, 6) is 0. The van der Waals surface area contributed by atoms with E-state index < -0.39 is 0 Å². The fourth-order valence-corrected chi connectivity index (χ4v) is 0.747. The molecule has 0 heterocycles. The zero-order chi connectivity index (χ0) is 10.1. The van der Waals surface area contributed by atoms with E-state index in [9.17, 15) is 4.79 Å². The van der Waals surface area contributed by atoms with Crippen LogP contribution in [0, 0.1) is 0 Å². The Kier molecular flexibility index (Phi) is 6.91. The van der Waals surface area contributed by atoms with Gasteiger partial charge in [0.2, 0.25) is 0 Å². The molecule has 0 bridgehead atoms. The Hall–Kier alpha value is -1.10. The number of nitrogens with zero attached hydrogens (tertiary/aromatic N) is 1. The Bertz CT molecular complexity index is 174. The molecule has 0 spiro atoms. The first-order valence-electron chi connectivity index (χ1n) is 4.44. The molecule has 5 heteroatoms. The van der Waals surface area contributed by atoms with Gasteiger partial charge < -0.3 is 10.4 Å². The molecule has 0 radical (unpaired) electrons. The summed E-state index contributed by atoms with van der Waals surface area (Å²) in [5, 5.41) is 14.7. The molecule has 0 atom stereocenters. The number of urea groups is 1. The molecule has 5 nitrogen and oxygen atoms in total. The molecule has 0 fully saturated rings. The van der Waals surface area contributed by atoms with E-state index in [-0.39, 0.29) is 19.2 Å². The van der Waals surface area contributed by atoms with Crippen molar-refractivity contribution in [2.24, 2.45) is 5.10 Å². The van der Waals surface area contributed by atoms with E-state index in [0.717, 1.165) is 18.6 Å². The summed E-state index contributed by atoms with van der Waals surface area (Å²) < 4.78 is 0. The molecule has 0 saturated carbocycles. The highest BCUT2D eigenvalue weighted by molar-refractivity contribution is 5.85. The number of nitrogens with one attached hydrogen (secondary N) is 2. The maximum atomic E-state index is 10.9. The van der Waals surface area contributed by atoms with Crippen LogP contribution >= 0.6 is 0 Å². The van der Waals surface area contributed by atoms with Gasteiger partial charge in [0.05, 0.1) is 6.61 Å². The number of carbonyl (C=O) groups excluding carboxylic acids is 1. The summed E-state index contributed by atoms with van der Waals surface area (Å²) in [5.41, 5.74) is 3.29. The smallest absolute Gasteiger partial charge is 0.335 e. The van der Waals surface area contributed by atoms with Crippen LogP contribution in [0.5, 0.6) is 0 Å². The minimum Gasteiger partial charge on any atom is -0.395 e. The monoisotopic (exact) mass is 187 g/mol. The van der Waals surface area contributed by atoms with Gasteiger partial charge in [0, 0.05) is 12.3 Å². The Balaban J connectivity index is 3.71. The second-order valence-corrected chi connectivity index (χ2v) is 2.48. The lowest BCUT2D eigenvalue weighted by molar-refractivity contribution is 0.234. The molecule has 0 aliphatic rings. The van der Waals surface area contributed by atoms with Crippen molar-refractivity contribution in [2.45, 2.75) is 26.7 Å². The van der Waals surface area contributed by atoms with Crippen molar-refractivity contribution in [2.75, 3.05) is 13.2 Å². The fourth-order valence-electron chi connectivity index (χ4n) is 0.747. The summed E-state index contributed by atoms with van der Waals surface area (Å²) in [6.45, 7) is 4.14. The van der Waals surface area contributed by atoms with Crippen LogP contribution in [-0.4, -0.2) is 30.0 Å². The number of aliphatic hydroxyl groups is 1. The van der Waals surface area contributed by atoms with Gasteiger partial charge in [0.25, 0.3) is 0 Å². The van der Waals surface area contributed by atoms with Gasteiger partial charge in [0.15, 0.2) is 0 Å². The molecule has 0 rings (SSSR count). The highest BCUT2D eigenvalue weighted by Crippen LogP contribution is 1.89. The number of aliphatic hydroxyl groups excluding tert-OH is 1. The number of carbonyl (C=O) groups is 1. The second-order valence-electron chi connectivity index (χ2n) is 2.48. The summed E-state index contributed by atoms with van der Waals surface area (Å²) in [6, 6.07) is -0.381. The number of hydrogen-bond acceptors (Lipinski definition) is 3. The van der Waals surface area contributed by atoms with Crippen molar-refractivity contribution in [3.05, 3.63) is 0 Å². The van der Waals surface area contributed by atoms with Crippen LogP contribution < -0.4 is 10.7 Å². The van der Waals surface area contributed by atoms with Gasteiger partial charge in [-0.2, -0.15) is 5.10 Å². The Labute approximate surface area is 78.2 Å². The average Bonchev–Trinajstić information content (AvgIpc) is 2.16. The molecule has 0 aromatic rings. The highest BCUT2D eigenvalue weighted by Gasteiger charge is 1.96. The largest absolute Gasteiger partial charge is 0.395 e. The zero-order valence-electron chi connectivity index (χ0n) is 8.13. The standard InChI is InChI=1S/C8H17N3O2/c1-3-7(4-2)10-11-8(13)9-5-6-12/h12H,3-6H2,1-2H3,(H2,9,11,13). The summed E-state index contributed by atoms with van der Waals surface area (Å²) >= 11 is 0. The molecule has 0 aromatic carbocycles. The molecule has 0 saturated heterocycles. The molecule has 3 N–H and O–H groups in total. The Morgan fingerprint density at radius 3 is 2.46 bits per heavy atom. The number of amides is 2. The quantitative estimate of drug-likeness (QED) is 0.432. The van der Waals surface area contributed by atoms with Crippen LogP contribution in [0.2, 0.25) is 0 Å². The Morgan fingerprint density at radius 2 is 2.00 bits per heavy atom. The topological polar surface area (TPSA) is 73.7 Å². The van der Waals surface area contributed by atoms with Crippen LogP contribution in [0.25, 0.3) is 0 Å². The molecular formula is C8H17N3O2. The predicted octanol–water partition coefficient (Wildman–Crippen LogP) is 0.454. The van der Waals surface area contributed by atoms with Gasteiger partial charge in [-0.3, -0.25) is 0 Å². The number of rotatable bonds is 5. The van der Waals surface area contributed by atoms with E-state index >= 15 is 0 Å². The zero-order valence-corrected chi connectivity index (χ0v) is 8.13. The van der Waals surface area contributed by atoms with Crippen molar-refractivity contribution in [1.29, 1.82) is 0 Å². The lowest BCUT2D eigenvalue weighted by Gasteiger charge is -2.03. The van der Waals surface area contributed by atoms with E-state index in [2.05, 4.69) is 15.8 Å². The molecule has 0 aromatic heterocycles. The predicted molar refractivity (Wildman–Crippen MR) is 51.6 cm³/mol. The van der Waals surface area contributed by atoms with Gasteiger partial charge in [-0.05, 0) is 12.8 Å². The van der Waals surface area contributed by atoms with Gasteiger partial charge in [-0.25, -0.2) is 10.2 Å². The summed E-state index contributed by atoms with van der Waals surface area (Å²) in [7, 11) is 0. The first-order chi connectivity index (χ1) is 6.24. The van der Waals surface area contributed by atoms with Crippen molar-refractivity contribution >= 4 is 11.7 Å². The molecular weight excluding hydrogens is 170 g/mol. The Morgan fingerprint density at radius 1 is 1.38 bits per heavy atom. The van der Waals surface area contributed by atoms with Gasteiger partial charge >= 0.3 is 6.03 Å². The van der Waals surface area contributed by atoms with E-state index in [4.69, 9.17) is 5.11 Å². The SMILES string of the molecule is CCC(CC)=NNC(=O)NCCO. The van der Waals surface area contributed by atoms with Gasteiger partial charge in [-0.15, -0.1) is 0 Å². The highest BCUT2D eigenvalue weighted by atomic mass is 16.3. The van der Waals surface area contributed by atoms with E-state index in [1.807, 2.05) is 13.8 Å². The minimum atomic E-state index is -0.381. The third kappa shape index (κ3) is 6.10. The van der Waals surface area contributed by atoms with Crippen LogP contribution in [-0.2, 0) is 0 Å². The maximum Gasteiger partial charge on any atom is 0.335 e. The van der Waals surface area contributed by atoms with E-state index in [1.165, 1.54) is 0 Å². The van der Waals surface area contributed by atoms with Crippen LogP contribution in [0.15, 0.2) is 5.10 Å². The molecule has 0 unspecified atom stereocenters. The van der Waals surface area contributed by atoms with Crippen molar-refractivity contribution in [3.8, 4) is 0 Å². The first-order valence-corrected chi connectivity index (χ1v) is 4.44. The lowest BCUT2D eigenvalue weighted by Crippen LogP contribution is -2.34. The van der Waals surface area contributed by atoms with Crippen LogP contribution in [0.4, 0.5) is 4.79 Å². The lowest BCUT2D eigenvalue weighted by atomic mass is 10.2. The molecule has 0 aliphatic carbocycles. The van der Waals surface area contributed by atoms with Gasteiger partial charge in [0.1, 0.15) is 0 Å². The van der Waals surface area contributed by atoms with Crippen molar-refractivity contribution < 1.29 is 9.90 Å². The number of hydrogen-bond donors (Lipinski definition) is 3. The number of hydrazone groups is 1. The third-order valence-corrected chi connectivity index (χ3v) is 1.53. The van der Waals surface area contributed by atoms with Crippen molar-refractivity contribution in [3.63, 3.8) is 0 Å². The van der Waals surface area contributed by atoms with E-state index in [1.54, 1.807) is 0 Å². The summed E-state index contributed by atoms with van der Waals surface area (Å²) in [6.07, 6.45) is 1.66. The summed E-state index contributed by atoms with van der Waals surface area (Å²) in [4.78, 5) is 10.9. The molecule has 13 heavy (non-hydrogen) atoms. The average molecular weight is 187 g/mol. The second kappa shape index (κ2) is 7.54. The minimum absolute atomic E-state index is 0.0639. The molecule has 0 aliphatic heterocycles. The molecule has 2 amide bonds. The maximum absolute atomic E-state index is 10.9. The van der Waals surface area contributed by atoms with Crippen LogP contribution in [0.3, 0.4) is 0 Å². The fraction of sp³-hybridized carbons (Fsp3) is 0.750. The normalized spacial score (nSPS) is 9.15. The van der Waals surface area contributed by atoms with Gasteiger partial charge in [-0.1, -0.05) is 13.8 Å². The third-order valence-electron chi connectivity index (χ3n) is 1.53. The van der Waals surface area contributed by atoms with E-state index in [0.29, 0.717) is 0 Å². The van der Waals surface area contributed by atoms with Crippen molar-refractivity contribution in [1.82, 2.24) is 10.7 Å². The van der Waals surface area contributed by atoms with Crippen LogP contribution in [0.1, 0.15) is 26.7 Å². The molecule has 76 valence electrons. The first kappa shape index (κ1) is 11.9.